The lowest BCUT2D eigenvalue weighted by Gasteiger charge is -2.11. The van der Waals surface area contributed by atoms with Gasteiger partial charge in [0.2, 0.25) is 0 Å². The monoisotopic (exact) mass is 391 g/mol. The first-order valence-electron chi connectivity index (χ1n) is 8.23. The van der Waals surface area contributed by atoms with E-state index in [0.29, 0.717) is 34.0 Å². The number of rotatable bonds is 5. The number of aromatic nitrogens is 1. The zero-order valence-electron chi connectivity index (χ0n) is 14.7. The normalized spacial score (nSPS) is 11.3. The van der Waals surface area contributed by atoms with Crippen LogP contribution in [0.15, 0.2) is 59.4 Å². The topological polar surface area (TPSA) is 71.6 Å². The van der Waals surface area contributed by atoms with Crippen LogP contribution in [0.4, 0.5) is 13.2 Å². The van der Waals surface area contributed by atoms with E-state index < -0.39 is 6.36 Å². The molecule has 1 aromatic heterocycles. The standard InChI is InChI=1S/C20H16F3NO4/c1-12-10-18(26)19(17(11-25)24-12)13-2-4-14(5-3-13)27-15-6-8-16(9-7-15)28-20(21,22)23/h2-10,25H,11H2,1H3,(H,24,26). The molecule has 3 aromatic rings. The van der Waals surface area contributed by atoms with Crippen LogP contribution in [-0.4, -0.2) is 16.5 Å². The molecule has 3 rings (SSSR count). The summed E-state index contributed by atoms with van der Waals surface area (Å²) in [4.78, 5) is 15.2. The van der Waals surface area contributed by atoms with Gasteiger partial charge >= 0.3 is 6.36 Å². The summed E-state index contributed by atoms with van der Waals surface area (Å²) in [6.45, 7) is 1.42. The molecule has 2 N–H and O–H groups in total. The molecule has 8 heteroatoms. The van der Waals surface area contributed by atoms with Crippen molar-refractivity contribution in [1.29, 1.82) is 0 Å². The molecule has 5 nitrogen and oxygen atoms in total. The van der Waals surface area contributed by atoms with Crippen LogP contribution in [0.2, 0.25) is 0 Å². The van der Waals surface area contributed by atoms with E-state index in [0.717, 1.165) is 12.1 Å². The Balaban J connectivity index is 1.78. The minimum absolute atomic E-state index is 0.214. The van der Waals surface area contributed by atoms with E-state index in [1.807, 2.05) is 0 Å². The van der Waals surface area contributed by atoms with Crippen molar-refractivity contribution in [2.75, 3.05) is 0 Å². The smallest absolute Gasteiger partial charge is 0.457 e. The van der Waals surface area contributed by atoms with Gasteiger partial charge in [-0.25, -0.2) is 0 Å². The van der Waals surface area contributed by atoms with E-state index in [9.17, 15) is 23.1 Å². The van der Waals surface area contributed by atoms with Gasteiger partial charge in [-0.3, -0.25) is 4.79 Å². The first-order chi connectivity index (χ1) is 13.2. The number of pyridine rings is 1. The van der Waals surface area contributed by atoms with Gasteiger partial charge in [-0.05, 0) is 48.9 Å². The fourth-order valence-electron chi connectivity index (χ4n) is 2.72. The molecule has 0 amide bonds. The van der Waals surface area contributed by atoms with Crippen molar-refractivity contribution in [2.24, 2.45) is 0 Å². The highest BCUT2D eigenvalue weighted by Gasteiger charge is 2.30. The minimum Gasteiger partial charge on any atom is -0.457 e. The van der Waals surface area contributed by atoms with Gasteiger partial charge in [0, 0.05) is 11.8 Å². The Labute approximate surface area is 158 Å². The van der Waals surface area contributed by atoms with Gasteiger partial charge < -0.3 is 19.6 Å². The second-order valence-electron chi connectivity index (χ2n) is 5.97. The minimum atomic E-state index is -4.75. The largest absolute Gasteiger partial charge is 0.573 e. The summed E-state index contributed by atoms with van der Waals surface area (Å²) in [6, 6.07) is 13.0. The van der Waals surface area contributed by atoms with Crippen LogP contribution in [-0.2, 0) is 6.61 Å². The number of alkyl halides is 3. The molecule has 0 fully saturated rings. The Kier molecular flexibility index (Phi) is 5.41. The van der Waals surface area contributed by atoms with Gasteiger partial charge in [-0.1, -0.05) is 12.1 Å². The predicted octanol–water partition coefficient (Wildman–Crippen LogP) is 4.53. The molecule has 1 heterocycles. The van der Waals surface area contributed by atoms with Gasteiger partial charge in [0.1, 0.15) is 17.2 Å². The lowest BCUT2D eigenvalue weighted by Crippen LogP contribution is -2.16. The number of benzene rings is 2. The van der Waals surface area contributed by atoms with Crippen LogP contribution in [0, 0.1) is 6.92 Å². The molecule has 0 saturated carbocycles. The highest BCUT2D eigenvalue weighted by molar-refractivity contribution is 5.66. The number of hydrogen-bond donors (Lipinski definition) is 2. The van der Waals surface area contributed by atoms with Crippen LogP contribution in [0.3, 0.4) is 0 Å². The summed E-state index contributed by atoms with van der Waals surface area (Å²) in [6.07, 6.45) is -4.75. The predicted molar refractivity (Wildman–Crippen MR) is 96.4 cm³/mol. The molecule has 146 valence electrons. The number of aryl methyl sites for hydroxylation is 1. The van der Waals surface area contributed by atoms with Gasteiger partial charge in [0.15, 0.2) is 5.43 Å². The first-order valence-corrected chi connectivity index (χ1v) is 8.23. The number of aromatic amines is 1. The van der Waals surface area contributed by atoms with E-state index >= 15 is 0 Å². The van der Waals surface area contributed by atoms with Gasteiger partial charge in [0.05, 0.1) is 17.9 Å². The van der Waals surface area contributed by atoms with E-state index in [1.54, 1.807) is 31.2 Å². The number of H-pyrrole nitrogens is 1. The van der Waals surface area contributed by atoms with Crippen molar-refractivity contribution in [3.63, 3.8) is 0 Å². The number of halogens is 3. The van der Waals surface area contributed by atoms with Crippen LogP contribution < -0.4 is 14.9 Å². The lowest BCUT2D eigenvalue weighted by molar-refractivity contribution is -0.274. The number of aliphatic hydroxyl groups is 1. The van der Waals surface area contributed by atoms with Crippen molar-refractivity contribution in [3.05, 3.63) is 76.2 Å². The summed E-state index contributed by atoms with van der Waals surface area (Å²) in [5.41, 5.74) is 1.82. The van der Waals surface area contributed by atoms with Crippen LogP contribution in [0.1, 0.15) is 11.4 Å². The fourth-order valence-corrected chi connectivity index (χ4v) is 2.72. The van der Waals surface area contributed by atoms with Crippen LogP contribution in [0.25, 0.3) is 11.1 Å². The molecule has 0 saturated heterocycles. The Morgan fingerprint density at radius 3 is 2.04 bits per heavy atom. The Morgan fingerprint density at radius 2 is 1.50 bits per heavy atom. The van der Waals surface area contributed by atoms with Crippen molar-refractivity contribution in [1.82, 2.24) is 4.98 Å². The molecule has 28 heavy (non-hydrogen) atoms. The molecular weight excluding hydrogens is 375 g/mol. The lowest BCUT2D eigenvalue weighted by atomic mass is 10.0. The average Bonchev–Trinajstić information content (AvgIpc) is 2.62. The SMILES string of the molecule is Cc1cc(=O)c(-c2ccc(Oc3ccc(OC(F)(F)F)cc3)cc2)c(CO)[nH]1. The Hall–Kier alpha value is -3.26. The second-order valence-corrected chi connectivity index (χ2v) is 5.97. The molecule has 0 aliphatic heterocycles. The molecule has 0 bridgehead atoms. The summed E-state index contributed by atoms with van der Waals surface area (Å²) in [5.74, 6) is 0.416. The fraction of sp³-hybridized carbons (Fsp3) is 0.150. The van der Waals surface area contributed by atoms with Gasteiger partial charge in [-0.2, -0.15) is 0 Å². The molecular formula is C20H16F3NO4. The van der Waals surface area contributed by atoms with Crippen LogP contribution in [0.5, 0.6) is 17.2 Å². The Morgan fingerprint density at radius 1 is 0.964 bits per heavy atom. The quantitative estimate of drug-likeness (QED) is 0.670. The average molecular weight is 391 g/mol. The molecule has 2 aromatic carbocycles. The van der Waals surface area contributed by atoms with E-state index in [2.05, 4.69) is 9.72 Å². The molecule has 0 radical (unpaired) electrons. The molecule has 0 atom stereocenters. The van der Waals surface area contributed by atoms with E-state index in [4.69, 9.17) is 4.74 Å². The number of ether oxygens (including phenoxy) is 2. The maximum atomic E-state index is 12.3. The molecule has 0 unspecified atom stereocenters. The summed E-state index contributed by atoms with van der Waals surface area (Å²) < 4.78 is 45.9. The highest BCUT2D eigenvalue weighted by Crippen LogP contribution is 2.29. The van der Waals surface area contributed by atoms with Crippen molar-refractivity contribution < 1.29 is 27.8 Å². The number of nitrogens with one attached hydrogen (secondary N) is 1. The van der Waals surface area contributed by atoms with Crippen molar-refractivity contribution >= 4 is 0 Å². The van der Waals surface area contributed by atoms with E-state index in [1.165, 1.54) is 18.2 Å². The zero-order chi connectivity index (χ0) is 20.3. The third-order valence-electron chi connectivity index (χ3n) is 3.84. The second kappa shape index (κ2) is 7.77. The maximum Gasteiger partial charge on any atom is 0.573 e. The van der Waals surface area contributed by atoms with Gasteiger partial charge in [-0.15, -0.1) is 13.2 Å². The Bertz CT molecular complexity index is 1010. The summed E-state index contributed by atoms with van der Waals surface area (Å²) in [5, 5.41) is 9.50. The highest BCUT2D eigenvalue weighted by atomic mass is 19.4. The van der Waals surface area contributed by atoms with Gasteiger partial charge in [0.25, 0.3) is 0 Å². The third kappa shape index (κ3) is 4.72. The third-order valence-corrected chi connectivity index (χ3v) is 3.84. The zero-order valence-corrected chi connectivity index (χ0v) is 14.7. The maximum absolute atomic E-state index is 12.3. The van der Waals surface area contributed by atoms with Crippen molar-refractivity contribution in [2.45, 2.75) is 19.9 Å². The summed E-state index contributed by atoms with van der Waals surface area (Å²) in [7, 11) is 0. The van der Waals surface area contributed by atoms with E-state index in [-0.39, 0.29) is 17.8 Å². The number of hydrogen-bond acceptors (Lipinski definition) is 4. The van der Waals surface area contributed by atoms with Crippen LogP contribution >= 0.6 is 0 Å². The number of aliphatic hydroxyl groups excluding tert-OH is 1. The van der Waals surface area contributed by atoms with Crippen molar-refractivity contribution in [3.8, 4) is 28.4 Å². The molecule has 0 aliphatic carbocycles. The first kappa shape index (κ1) is 19.5. The summed E-state index contributed by atoms with van der Waals surface area (Å²) >= 11 is 0. The molecule has 0 aliphatic rings. The molecule has 0 spiro atoms.